The number of nitrogens with one attached hydrogen (secondary N) is 2. The van der Waals surface area contributed by atoms with Crippen LogP contribution in [0.4, 0.5) is 0 Å². The molecule has 0 radical (unpaired) electrons. The average Bonchev–Trinajstić information content (AvgIpc) is 2.84. The number of hydrogen-bond donors (Lipinski definition) is 2. The number of benzene rings is 1. The fourth-order valence-electron chi connectivity index (χ4n) is 2.51. The molecule has 4 amide bonds. The molecular formula is C17H20ClN3O4. The standard InChI is InChI=1S/C17H20ClN3O4/c18-8-7-15(23)20-10-9-19-14(22)6-3-11-21-16(24)12-4-1-2-5-13(12)17(21)25/h1-2,4-5H,3,6-11H2,(H,19,22)(H,20,23). The summed E-state index contributed by atoms with van der Waals surface area (Å²) in [6.07, 6.45) is 0.828. The minimum Gasteiger partial charge on any atom is -0.354 e. The third kappa shape index (κ3) is 5.03. The molecule has 2 rings (SSSR count). The van der Waals surface area contributed by atoms with Gasteiger partial charge in [-0.1, -0.05) is 12.1 Å². The van der Waals surface area contributed by atoms with Crippen LogP contribution in [0.25, 0.3) is 0 Å². The number of fused-ring (bicyclic) bond motifs is 1. The van der Waals surface area contributed by atoms with E-state index in [0.29, 0.717) is 30.6 Å². The van der Waals surface area contributed by atoms with Crippen LogP contribution in [0.1, 0.15) is 40.0 Å². The van der Waals surface area contributed by atoms with Crippen molar-refractivity contribution < 1.29 is 19.2 Å². The molecule has 0 unspecified atom stereocenters. The number of alkyl halides is 1. The molecule has 1 aliphatic heterocycles. The van der Waals surface area contributed by atoms with Crippen LogP contribution < -0.4 is 10.6 Å². The second-order valence-electron chi connectivity index (χ2n) is 5.55. The molecule has 0 aromatic heterocycles. The van der Waals surface area contributed by atoms with Crippen LogP contribution in [0.5, 0.6) is 0 Å². The monoisotopic (exact) mass is 365 g/mol. The second-order valence-corrected chi connectivity index (χ2v) is 5.93. The quantitative estimate of drug-likeness (QED) is 0.386. The van der Waals surface area contributed by atoms with E-state index in [9.17, 15) is 19.2 Å². The third-order valence-electron chi connectivity index (χ3n) is 3.75. The number of amides is 4. The molecule has 0 saturated heterocycles. The van der Waals surface area contributed by atoms with Gasteiger partial charge in [-0.3, -0.25) is 24.1 Å². The van der Waals surface area contributed by atoms with Gasteiger partial charge in [-0.25, -0.2) is 0 Å². The van der Waals surface area contributed by atoms with Crippen molar-refractivity contribution in [3.8, 4) is 0 Å². The van der Waals surface area contributed by atoms with E-state index in [1.807, 2.05) is 0 Å². The molecule has 7 nitrogen and oxygen atoms in total. The van der Waals surface area contributed by atoms with Crippen LogP contribution in [0.2, 0.25) is 0 Å². The van der Waals surface area contributed by atoms with Crippen LogP contribution in [0.15, 0.2) is 24.3 Å². The fraction of sp³-hybridized carbons (Fsp3) is 0.412. The van der Waals surface area contributed by atoms with Gasteiger partial charge in [0, 0.05) is 38.4 Å². The topological polar surface area (TPSA) is 95.6 Å². The molecule has 0 bridgehead atoms. The molecule has 1 aliphatic rings. The van der Waals surface area contributed by atoms with Gasteiger partial charge in [0.15, 0.2) is 0 Å². The Kier molecular flexibility index (Phi) is 6.94. The van der Waals surface area contributed by atoms with E-state index in [-0.39, 0.29) is 48.9 Å². The van der Waals surface area contributed by atoms with Gasteiger partial charge in [0.2, 0.25) is 11.8 Å². The zero-order valence-corrected chi connectivity index (χ0v) is 14.5. The number of imide groups is 1. The molecule has 1 heterocycles. The lowest BCUT2D eigenvalue weighted by molar-refractivity contribution is -0.122. The predicted octanol–water partition coefficient (Wildman–Crippen LogP) is 0.924. The summed E-state index contributed by atoms with van der Waals surface area (Å²) in [6.45, 7) is 0.853. The Hall–Kier alpha value is -2.41. The molecule has 134 valence electrons. The number of halogens is 1. The van der Waals surface area contributed by atoms with E-state index in [1.165, 1.54) is 4.90 Å². The Morgan fingerprint density at radius 3 is 1.96 bits per heavy atom. The molecule has 25 heavy (non-hydrogen) atoms. The minimum absolute atomic E-state index is 0.158. The summed E-state index contributed by atoms with van der Waals surface area (Å²) in [7, 11) is 0. The Labute approximate surface area is 150 Å². The van der Waals surface area contributed by atoms with Crippen molar-refractivity contribution in [2.24, 2.45) is 0 Å². The molecule has 1 aromatic rings. The first-order valence-electron chi connectivity index (χ1n) is 8.09. The maximum absolute atomic E-state index is 12.2. The van der Waals surface area contributed by atoms with Crippen LogP contribution in [-0.4, -0.2) is 54.0 Å². The predicted molar refractivity (Wildman–Crippen MR) is 92.4 cm³/mol. The second kappa shape index (κ2) is 9.17. The number of hydrogen-bond acceptors (Lipinski definition) is 4. The highest BCUT2D eigenvalue weighted by Gasteiger charge is 2.34. The SMILES string of the molecule is O=C(CCCl)NCCNC(=O)CCCN1C(=O)c2ccccc2C1=O. The van der Waals surface area contributed by atoms with Crippen LogP contribution >= 0.6 is 11.6 Å². The number of carbonyl (C=O) groups is 4. The zero-order chi connectivity index (χ0) is 18.2. The molecule has 0 aliphatic carbocycles. The lowest BCUT2D eigenvalue weighted by Crippen LogP contribution is -2.35. The molecule has 2 N–H and O–H groups in total. The van der Waals surface area contributed by atoms with Gasteiger partial charge in [0.1, 0.15) is 0 Å². The van der Waals surface area contributed by atoms with E-state index in [1.54, 1.807) is 24.3 Å². The lowest BCUT2D eigenvalue weighted by atomic mass is 10.1. The van der Waals surface area contributed by atoms with Crippen LogP contribution in [0, 0.1) is 0 Å². The molecule has 0 spiro atoms. The van der Waals surface area contributed by atoms with E-state index in [2.05, 4.69) is 10.6 Å². The third-order valence-corrected chi connectivity index (χ3v) is 3.94. The first kappa shape index (κ1) is 18.9. The maximum Gasteiger partial charge on any atom is 0.261 e. The largest absolute Gasteiger partial charge is 0.354 e. The summed E-state index contributed by atoms with van der Waals surface area (Å²) < 4.78 is 0. The highest BCUT2D eigenvalue weighted by atomic mass is 35.5. The van der Waals surface area contributed by atoms with Gasteiger partial charge in [-0.2, -0.15) is 0 Å². The Balaban J connectivity index is 1.66. The molecule has 8 heteroatoms. The number of carbonyl (C=O) groups excluding carboxylic acids is 4. The highest BCUT2D eigenvalue weighted by Crippen LogP contribution is 2.22. The highest BCUT2D eigenvalue weighted by molar-refractivity contribution is 6.21. The van der Waals surface area contributed by atoms with Gasteiger partial charge in [-0.15, -0.1) is 11.6 Å². The Morgan fingerprint density at radius 1 is 0.920 bits per heavy atom. The van der Waals surface area contributed by atoms with E-state index >= 15 is 0 Å². The van der Waals surface area contributed by atoms with Gasteiger partial charge in [0.25, 0.3) is 11.8 Å². The first-order chi connectivity index (χ1) is 12.0. The fourth-order valence-corrected chi connectivity index (χ4v) is 2.68. The number of rotatable bonds is 9. The summed E-state index contributed by atoms with van der Waals surface area (Å²) in [5.74, 6) is -0.722. The summed E-state index contributed by atoms with van der Waals surface area (Å²) in [5.41, 5.74) is 0.814. The van der Waals surface area contributed by atoms with Crippen molar-refractivity contribution in [3.05, 3.63) is 35.4 Å². The van der Waals surface area contributed by atoms with Gasteiger partial charge in [0.05, 0.1) is 11.1 Å². The van der Waals surface area contributed by atoms with Gasteiger partial charge < -0.3 is 10.6 Å². The van der Waals surface area contributed by atoms with Crippen LogP contribution in [0.3, 0.4) is 0 Å². The summed E-state index contributed by atoms with van der Waals surface area (Å²) in [4.78, 5) is 48.4. The Bertz CT molecular complexity index is 643. The summed E-state index contributed by atoms with van der Waals surface area (Å²) in [6, 6.07) is 6.68. The Morgan fingerprint density at radius 2 is 1.44 bits per heavy atom. The van der Waals surface area contributed by atoms with Crippen molar-refractivity contribution in [1.82, 2.24) is 15.5 Å². The lowest BCUT2D eigenvalue weighted by Gasteiger charge is -2.13. The molecular weight excluding hydrogens is 346 g/mol. The van der Waals surface area contributed by atoms with Gasteiger partial charge in [-0.05, 0) is 18.6 Å². The van der Waals surface area contributed by atoms with Crippen molar-refractivity contribution in [2.45, 2.75) is 19.3 Å². The van der Waals surface area contributed by atoms with Crippen molar-refractivity contribution in [2.75, 3.05) is 25.5 Å². The maximum atomic E-state index is 12.2. The van der Waals surface area contributed by atoms with Gasteiger partial charge >= 0.3 is 0 Å². The average molecular weight is 366 g/mol. The molecule has 1 aromatic carbocycles. The smallest absolute Gasteiger partial charge is 0.261 e. The molecule has 0 fully saturated rings. The summed E-state index contributed by atoms with van der Waals surface area (Å²) >= 11 is 5.44. The van der Waals surface area contributed by atoms with E-state index in [4.69, 9.17) is 11.6 Å². The van der Waals surface area contributed by atoms with E-state index in [0.717, 1.165) is 0 Å². The normalized spacial score (nSPS) is 12.9. The van der Waals surface area contributed by atoms with E-state index < -0.39 is 0 Å². The first-order valence-corrected chi connectivity index (χ1v) is 8.62. The minimum atomic E-state index is -0.317. The van der Waals surface area contributed by atoms with Crippen molar-refractivity contribution in [3.63, 3.8) is 0 Å². The number of nitrogens with zero attached hydrogens (tertiary/aromatic N) is 1. The zero-order valence-electron chi connectivity index (χ0n) is 13.7. The van der Waals surface area contributed by atoms with Crippen molar-refractivity contribution >= 4 is 35.2 Å². The van der Waals surface area contributed by atoms with Crippen LogP contribution in [-0.2, 0) is 9.59 Å². The molecule has 0 saturated carbocycles. The van der Waals surface area contributed by atoms with Crippen molar-refractivity contribution in [1.29, 1.82) is 0 Å². The molecule has 0 atom stereocenters. The summed E-state index contributed by atoms with van der Waals surface area (Å²) in [5, 5.41) is 5.30.